The van der Waals surface area contributed by atoms with Gasteiger partial charge in [-0.2, -0.15) is 0 Å². The van der Waals surface area contributed by atoms with Crippen molar-refractivity contribution in [2.24, 2.45) is 0 Å². The van der Waals surface area contributed by atoms with Crippen LogP contribution in [0.5, 0.6) is 0 Å². The smallest absolute Gasteiger partial charge is 0.126 e. The molecule has 0 bridgehead atoms. The van der Waals surface area contributed by atoms with Crippen LogP contribution in [-0.4, -0.2) is 36.2 Å². The van der Waals surface area contributed by atoms with Gasteiger partial charge in [-0.25, -0.2) is 4.98 Å². The van der Waals surface area contributed by atoms with Crippen LogP contribution in [0, 0.1) is 0 Å². The van der Waals surface area contributed by atoms with Gasteiger partial charge in [-0.1, -0.05) is 0 Å². The molecule has 1 N–H and O–H groups in total. The first-order valence-electron chi connectivity index (χ1n) is 7.70. The summed E-state index contributed by atoms with van der Waals surface area (Å²) in [5.74, 6) is 0.942. The summed E-state index contributed by atoms with van der Waals surface area (Å²) in [5.41, 5.74) is 2.41. The van der Waals surface area contributed by atoms with E-state index in [1.165, 1.54) is 5.69 Å². The Kier molecular flexibility index (Phi) is 4.85. The van der Waals surface area contributed by atoms with Crippen molar-refractivity contribution in [1.82, 2.24) is 9.97 Å². The third-order valence-electron chi connectivity index (χ3n) is 4.01. The number of hydrogen-bond acceptors (Lipinski definition) is 5. The van der Waals surface area contributed by atoms with Gasteiger partial charge in [0.2, 0.25) is 0 Å². The molecular weight excluding hydrogens is 276 g/mol. The van der Waals surface area contributed by atoms with Crippen LogP contribution in [0.3, 0.4) is 0 Å². The van der Waals surface area contributed by atoms with Crippen LogP contribution in [0.1, 0.15) is 18.4 Å². The summed E-state index contributed by atoms with van der Waals surface area (Å²) in [7, 11) is 1.71. The lowest BCUT2D eigenvalue weighted by Crippen LogP contribution is -2.39. The maximum absolute atomic E-state index is 5.17. The van der Waals surface area contributed by atoms with Gasteiger partial charge in [0.05, 0.1) is 6.61 Å². The lowest BCUT2D eigenvalue weighted by atomic mass is 10.0. The summed E-state index contributed by atoms with van der Waals surface area (Å²) >= 11 is 0. The van der Waals surface area contributed by atoms with Gasteiger partial charge < -0.3 is 15.0 Å². The van der Waals surface area contributed by atoms with Crippen LogP contribution in [0.4, 0.5) is 11.5 Å². The fourth-order valence-electron chi connectivity index (χ4n) is 2.86. The molecule has 0 saturated carbocycles. The summed E-state index contributed by atoms with van der Waals surface area (Å²) in [6.45, 7) is 2.73. The van der Waals surface area contributed by atoms with E-state index in [4.69, 9.17) is 4.74 Å². The number of nitrogens with zero attached hydrogens (tertiary/aromatic N) is 3. The maximum atomic E-state index is 5.17. The summed E-state index contributed by atoms with van der Waals surface area (Å²) in [6.07, 6.45) is 7.76. The highest BCUT2D eigenvalue weighted by molar-refractivity contribution is 5.45. The molecule has 0 aliphatic carbocycles. The van der Waals surface area contributed by atoms with E-state index in [1.807, 2.05) is 24.7 Å². The molecule has 1 fully saturated rings. The molecule has 5 nitrogen and oxygen atoms in total. The third kappa shape index (κ3) is 3.74. The molecule has 0 atom stereocenters. The first-order chi connectivity index (χ1) is 10.8. The van der Waals surface area contributed by atoms with Crippen molar-refractivity contribution >= 4 is 11.5 Å². The van der Waals surface area contributed by atoms with Crippen LogP contribution < -0.4 is 10.2 Å². The minimum absolute atomic E-state index is 0.475. The van der Waals surface area contributed by atoms with Crippen molar-refractivity contribution < 1.29 is 4.74 Å². The van der Waals surface area contributed by atoms with E-state index >= 15 is 0 Å². The van der Waals surface area contributed by atoms with E-state index in [1.54, 1.807) is 7.11 Å². The molecule has 3 rings (SSSR count). The minimum atomic E-state index is 0.475. The predicted octanol–water partition coefficient (Wildman–Crippen LogP) is 2.70. The third-order valence-corrected chi connectivity index (χ3v) is 4.01. The standard InChI is InChI=1S/C17H22N4O/c1-22-13-14-2-9-19-17(12-14)20-15-5-10-21(11-6-15)16-3-7-18-8-4-16/h2-4,7-9,12,15H,5-6,10-11,13H2,1H3,(H,19,20). The highest BCUT2D eigenvalue weighted by atomic mass is 16.5. The number of ether oxygens (including phenoxy) is 1. The molecule has 0 unspecified atom stereocenters. The zero-order chi connectivity index (χ0) is 15.2. The largest absolute Gasteiger partial charge is 0.380 e. The Morgan fingerprint density at radius 2 is 1.95 bits per heavy atom. The van der Waals surface area contributed by atoms with Crippen molar-refractivity contribution in [3.63, 3.8) is 0 Å². The molecule has 1 aliphatic rings. The Labute approximate surface area is 131 Å². The second-order valence-electron chi connectivity index (χ2n) is 5.59. The topological polar surface area (TPSA) is 50.3 Å². The second kappa shape index (κ2) is 7.22. The Balaban J connectivity index is 1.55. The lowest BCUT2D eigenvalue weighted by molar-refractivity contribution is 0.185. The van der Waals surface area contributed by atoms with Gasteiger partial charge in [-0.3, -0.25) is 4.98 Å². The molecule has 0 aromatic carbocycles. The zero-order valence-electron chi connectivity index (χ0n) is 12.9. The first kappa shape index (κ1) is 14.8. The number of hydrogen-bond donors (Lipinski definition) is 1. The molecule has 5 heteroatoms. The highest BCUT2D eigenvalue weighted by Gasteiger charge is 2.19. The average Bonchev–Trinajstić information content (AvgIpc) is 2.57. The number of anilines is 2. The van der Waals surface area contributed by atoms with E-state index in [0.29, 0.717) is 12.6 Å². The van der Waals surface area contributed by atoms with Crippen molar-refractivity contribution in [3.05, 3.63) is 48.4 Å². The highest BCUT2D eigenvalue weighted by Crippen LogP contribution is 2.21. The molecule has 2 aromatic heterocycles. The van der Waals surface area contributed by atoms with Crippen molar-refractivity contribution in [1.29, 1.82) is 0 Å². The molecule has 1 saturated heterocycles. The van der Waals surface area contributed by atoms with E-state index < -0.39 is 0 Å². The average molecular weight is 298 g/mol. The van der Waals surface area contributed by atoms with E-state index in [9.17, 15) is 0 Å². The number of rotatable bonds is 5. The van der Waals surface area contributed by atoms with Crippen LogP contribution in [0.25, 0.3) is 0 Å². The van der Waals surface area contributed by atoms with Gasteiger partial charge in [0.25, 0.3) is 0 Å². The fraction of sp³-hybridized carbons (Fsp3) is 0.412. The van der Waals surface area contributed by atoms with Crippen molar-refractivity contribution in [2.45, 2.75) is 25.5 Å². The molecule has 0 spiro atoms. The quantitative estimate of drug-likeness (QED) is 0.920. The van der Waals surface area contributed by atoms with Crippen molar-refractivity contribution in [2.75, 3.05) is 30.4 Å². The Bertz CT molecular complexity index is 582. The fourth-order valence-corrected chi connectivity index (χ4v) is 2.86. The first-order valence-corrected chi connectivity index (χ1v) is 7.70. The zero-order valence-corrected chi connectivity index (χ0v) is 12.9. The van der Waals surface area contributed by atoms with Crippen LogP contribution in [0.15, 0.2) is 42.9 Å². The summed E-state index contributed by atoms with van der Waals surface area (Å²) in [4.78, 5) is 10.9. The number of nitrogens with one attached hydrogen (secondary N) is 1. The number of piperidine rings is 1. The Morgan fingerprint density at radius 1 is 1.18 bits per heavy atom. The molecule has 0 radical (unpaired) electrons. The van der Waals surface area contributed by atoms with Gasteiger partial charge >= 0.3 is 0 Å². The number of methoxy groups -OCH3 is 1. The summed E-state index contributed by atoms with van der Waals surface area (Å²) in [6, 6.07) is 8.68. The molecule has 3 heterocycles. The van der Waals surface area contributed by atoms with E-state index in [-0.39, 0.29) is 0 Å². The van der Waals surface area contributed by atoms with Crippen LogP contribution in [0.2, 0.25) is 0 Å². The lowest BCUT2D eigenvalue weighted by Gasteiger charge is -2.34. The minimum Gasteiger partial charge on any atom is -0.380 e. The van der Waals surface area contributed by atoms with Gasteiger partial charge in [-0.15, -0.1) is 0 Å². The van der Waals surface area contributed by atoms with Crippen LogP contribution >= 0.6 is 0 Å². The van der Waals surface area contributed by atoms with Gasteiger partial charge in [-0.05, 0) is 42.7 Å². The van der Waals surface area contributed by atoms with E-state index in [2.05, 4.69) is 38.4 Å². The normalized spacial score (nSPS) is 15.8. The Morgan fingerprint density at radius 3 is 2.68 bits per heavy atom. The SMILES string of the molecule is COCc1ccnc(NC2CCN(c3ccncc3)CC2)c1. The van der Waals surface area contributed by atoms with Gasteiger partial charge in [0, 0.05) is 50.5 Å². The van der Waals surface area contributed by atoms with Crippen LogP contribution in [-0.2, 0) is 11.3 Å². The second-order valence-corrected chi connectivity index (χ2v) is 5.59. The monoisotopic (exact) mass is 298 g/mol. The number of aromatic nitrogens is 2. The Hall–Kier alpha value is -2.14. The molecule has 0 amide bonds. The van der Waals surface area contributed by atoms with Gasteiger partial charge in [0.15, 0.2) is 0 Å². The van der Waals surface area contributed by atoms with E-state index in [0.717, 1.165) is 37.3 Å². The predicted molar refractivity (Wildman–Crippen MR) is 88.0 cm³/mol. The van der Waals surface area contributed by atoms with Gasteiger partial charge in [0.1, 0.15) is 5.82 Å². The molecule has 22 heavy (non-hydrogen) atoms. The molecule has 2 aromatic rings. The molecule has 116 valence electrons. The van der Waals surface area contributed by atoms with Crippen molar-refractivity contribution in [3.8, 4) is 0 Å². The summed E-state index contributed by atoms with van der Waals surface area (Å²) in [5, 5.41) is 3.55. The summed E-state index contributed by atoms with van der Waals surface area (Å²) < 4.78 is 5.17. The number of pyridine rings is 2. The molecule has 1 aliphatic heterocycles. The maximum Gasteiger partial charge on any atom is 0.126 e. The molecular formula is C17H22N4O.